The topological polar surface area (TPSA) is 83.5 Å². The minimum absolute atomic E-state index is 0.172. The summed E-state index contributed by atoms with van der Waals surface area (Å²) in [7, 11) is -0.163. The van der Waals surface area contributed by atoms with Gasteiger partial charge in [-0.25, -0.2) is 18.4 Å². The van der Waals surface area contributed by atoms with Crippen LogP contribution in [0.1, 0.15) is 29.0 Å². The molecular weight excluding hydrogens is 328 g/mol. The number of aromatic nitrogens is 2. The van der Waals surface area contributed by atoms with Gasteiger partial charge < -0.3 is 4.90 Å². The fraction of sp³-hybridized carbons (Fsp3) is 0.312. The van der Waals surface area contributed by atoms with Gasteiger partial charge in [0, 0.05) is 25.9 Å². The van der Waals surface area contributed by atoms with Gasteiger partial charge in [0.25, 0.3) is 5.91 Å². The molecule has 0 fully saturated rings. The lowest BCUT2D eigenvalue weighted by molar-refractivity contribution is 0.0739. The first-order valence-electron chi connectivity index (χ1n) is 7.29. The highest BCUT2D eigenvalue weighted by Gasteiger charge is 2.20. The Kier molecular flexibility index (Phi) is 5.18. The lowest BCUT2D eigenvalue weighted by Crippen LogP contribution is -2.30. The molecule has 0 aliphatic rings. The Balaban J connectivity index is 2.18. The molecule has 2 aromatic rings. The van der Waals surface area contributed by atoms with Gasteiger partial charge in [0.05, 0.1) is 23.7 Å². The zero-order chi connectivity index (χ0) is 17.9. The minimum atomic E-state index is -3.33. The molecular formula is C16H20N4O3S. The van der Waals surface area contributed by atoms with Crippen LogP contribution in [0, 0.1) is 0 Å². The molecule has 2 rings (SSSR count). The number of benzene rings is 1. The molecule has 0 spiro atoms. The fourth-order valence-corrected chi connectivity index (χ4v) is 2.64. The summed E-state index contributed by atoms with van der Waals surface area (Å²) in [6, 6.07) is 8.00. The highest BCUT2D eigenvalue weighted by Crippen LogP contribution is 2.21. The van der Waals surface area contributed by atoms with E-state index >= 15 is 0 Å². The molecule has 0 aliphatic carbocycles. The Bertz CT molecular complexity index is 807. The quantitative estimate of drug-likeness (QED) is 0.821. The van der Waals surface area contributed by atoms with Gasteiger partial charge in [0.1, 0.15) is 6.33 Å². The average molecular weight is 348 g/mol. The molecule has 0 N–H and O–H groups in total. The Labute approximate surface area is 142 Å². The van der Waals surface area contributed by atoms with Crippen molar-refractivity contribution in [1.29, 1.82) is 0 Å². The molecule has 24 heavy (non-hydrogen) atoms. The molecule has 0 saturated heterocycles. The maximum atomic E-state index is 12.6. The van der Waals surface area contributed by atoms with E-state index in [0.717, 1.165) is 16.3 Å². The first-order valence-corrected chi connectivity index (χ1v) is 9.13. The van der Waals surface area contributed by atoms with Gasteiger partial charge in [0.15, 0.2) is 0 Å². The highest BCUT2D eigenvalue weighted by molar-refractivity contribution is 7.92. The maximum absolute atomic E-state index is 12.6. The van der Waals surface area contributed by atoms with Crippen molar-refractivity contribution in [3.8, 4) is 0 Å². The summed E-state index contributed by atoms with van der Waals surface area (Å²) in [5.41, 5.74) is 1.72. The smallest absolute Gasteiger partial charge is 0.254 e. The van der Waals surface area contributed by atoms with E-state index in [2.05, 4.69) is 9.97 Å². The second-order valence-electron chi connectivity index (χ2n) is 5.50. The van der Waals surface area contributed by atoms with Gasteiger partial charge in [-0.1, -0.05) is 0 Å². The molecule has 8 heteroatoms. The second kappa shape index (κ2) is 6.96. The van der Waals surface area contributed by atoms with Crippen LogP contribution in [0.2, 0.25) is 0 Å². The highest BCUT2D eigenvalue weighted by atomic mass is 32.2. The standard InChI is InChI=1S/C16H20N4O3S/c1-12(15-9-10-17-11-18-15)19(2)16(21)13-5-7-14(8-6-13)20(3)24(4,22)23/h5-12H,1-4H3/t12-/m1/s1. The van der Waals surface area contributed by atoms with Crippen LogP contribution in [0.4, 0.5) is 5.69 Å². The normalized spacial score (nSPS) is 12.5. The third-order valence-corrected chi connectivity index (χ3v) is 5.12. The van der Waals surface area contributed by atoms with Gasteiger partial charge >= 0.3 is 0 Å². The number of carbonyl (C=O) groups is 1. The van der Waals surface area contributed by atoms with Crippen LogP contribution in [0.3, 0.4) is 0 Å². The Morgan fingerprint density at radius 1 is 1.12 bits per heavy atom. The van der Waals surface area contributed by atoms with Crippen molar-refractivity contribution < 1.29 is 13.2 Å². The van der Waals surface area contributed by atoms with Crippen LogP contribution in [0.25, 0.3) is 0 Å². The average Bonchev–Trinajstić information content (AvgIpc) is 2.59. The summed E-state index contributed by atoms with van der Waals surface area (Å²) in [5, 5.41) is 0. The van der Waals surface area contributed by atoms with E-state index in [1.165, 1.54) is 13.4 Å². The van der Waals surface area contributed by atoms with Crippen LogP contribution in [0.15, 0.2) is 42.9 Å². The number of hydrogen-bond donors (Lipinski definition) is 0. The van der Waals surface area contributed by atoms with E-state index in [4.69, 9.17) is 0 Å². The Morgan fingerprint density at radius 3 is 2.25 bits per heavy atom. The van der Waals surface area contributed by atoms with Crippen molar-refractivity contribution in [2.75, 3.05) is 24.7 Å². The molecule has 7 nitrogen and oxygen atoms in total. The van der Waals surface area contributed by atoms with Crippen LogP contribution >= 0.6 is 0 Å². The molecule has 1 atom stereocenters. The Morgan fingerprint density at radius 2 is 1.75 bits per heavy atom. The van der Waals surface area contributed by atoms with Crippen LogP contribution in [-0.4, -0.2) is 49.5 Å². The number of rotatable bonds is 5. The zero-order valence-corrected chi connectivity index (χ0v) is 14.9. The monoisotopic (exact) mass is 348 g/mol. The van der Waals surface area contributed by atoms with E-state index in [0.29, 0.717) is 11.3 Å². The Hall–Kier alpha value is -2.48. The number of hydrogen-bond acceptors (Lipinski definition) is 5. The SMILES string of the molecule is C[C@H](c1ccncn1)N(C)C(=O)c1ccc(N(C)S(C)(=O)=O)cc1. The molecule has 1 aromatic heterocycles. The summed E-state index contributed by atoms with van der Waals surface area (Å²) in [6.07, 6.45) is 4.20. The molecule has 1 heterocycles. The van der Waals surface area contributed by atoms with Crippen molar-refractivity contribution in [3.63, 3.8) is 0 Å². The van der Waals surface area contributed by atoms with E-state index < -0.39 is 10.0 Å². The molecule has 0 bridgehead atoms. The molecule has 1 amide bonds. The minimum Gasteiger partial charge on any atom is -0.333 e. The van der Waals surface area contributed by atoms with Crippen molar-refractivity contribution in [1.82, 2.24) is 14.9 Å². The third kappa shape index (κ3) is 3.88. The number of carbonyl (C=O) groups excluding carboxylic acids is 1. The summed E-state index contributed by atoms with van der Waals surface area (Å²) < 4.78 is 24.2. The van der Waals surface area contributed by atoms with Crippen LogP contribution in [0.5, 0.6) is 0 Å². The maximum Gasteiger partial charge on any atom is 0.254 e. The molecule has 1 aromatic carbocycles. The predicted molar refractivity (Wildman–Crippen MR) is 92.2 cm³/mol. The summed E-state index contributed by atoms with van der Waals surface area (Å²) in [6.45, 7) is 1.88. The van der Waals surface area contributed by atoms with Gasteiger partial charge in [-0.15, -0.1) is 0 Å². The summed E-state index contributed by atoms with van der Waals surface area (Å²) >= 11 is 0. The number of nitrogens with zero attached hydrogens (tertiary/aromatic N) is 4. The van der Waals surface area contributed by atoms with Crippen molar-refractivity contribution in [2.24, 2.45) is 0 Å². The molecule has 0 aliphatic heterocycles. The molecule has 0 saturated carbocycles. The number of sulfonamides is 1. The van der Waals surface area contributed by atoms with E-state index in [-0.39, 0.29) is 11.9 Å². The number of amides is 1. The largest absolute Gasteiger partial charge is 0.333 e. The lowest BCUT2D eigenvalue weighted by atomic mass is 10.1. The van der Waals surface area contributed by atoms with Gasteiger partial charge in [0.2, 0.25) is 10.0 Å². The summed E-state index contributed by atoms with van der Waals surface area (Å²) in [4.78, 5) is 22.2. The molecule has 0 unspecified atom stereocenters. The van der Waals surface area contributed by atoms with E-state index in [9.17, 15) is 13.2 Å². The zero-order valence-electron chi connectivity index (χ0n) is 14.0. The fourth-order valence-electron chi connectivity index (χ4n) is 2.13. The first-order chi connectivity index (χ1) is 11.2. The predicted octanol–water partition coefficient (Wildman–Crippen LogP) is 1.71. The number of anilines is 1. The van der Waals surface area contributed by atoms with Crippen molar-refractivity contribution in [3.05, 3.63) is 54.1 Å². The van der Waals surface area contributed by atoms with E-state index in [1.807, 2.05) is 6.92 Å². The molecule has 0 radical (unpaired) electrons. The van der Waals surface area contributed by atoms with Gasteiger partial charge in [-0.3, -0.25) is 9.10 Å². The second-order valence-corrected chi connectivity index (χ2v) is 7.52. The molecule has 128 valence electrons. The van der Waals surface area contributed by atoms with Crippen molar-refractivity contribution in [2.45, 2.75) is 13.0 Å². The summed E-state index contributed by atoms with van der Waals surface area (Å²) in [5.74, 6) is -0.172. The van der Waals surface area contributed by atoms with Gasteiger partial charge in [-0.05, 0) is 37.3 Å². The van der Waals surface area contributed by atoms with Crippen molar-refractivity contribution >= 4 is 21.6 Å². The van der Waals surface area contributed by atoms with Crippen LogP contribution in [-0.2, 0) is 10.0 Å². The van der Waals surface area contributed by atoms with Gasteiger partial charge in [-0.2, -0.15) is 0 Å². The first kappa shape index (κ1) is 17.9. The van der Waals surface area contributed by atoms with E-state index in [1.54, 1.807) is 48.5 Å². The van der Waals surface area contributed by atoms with Crippen LogP contribution < -0.4 is 4.31 Å². The third-order valence-electron chi connectivity index (χ3n) is 3.91. The lowest BCUT2D eigenvalue weighted by Gasteiger charge is -2.24.